The second kappa shape index (κ2) is 8.59. The fourth-order valence-electron chi connectivity index (χ4n) is 2.55. The van der Waals surface area contributed by atoms with Crippen molar-refractivity contribution in [1.29, 1.82) is 0 Å². The summed E-state index contributed by atoms with van der Waals surface area (Å²) in [5.74, 6) is -1.16. The minimum Gasteiger partial charge on any atom is -0.474 e. The maximum Gasteiger partial charge on any atom is 0.387 e. The number of carbonyl (C=O) groups is 1. The first-order chi connectivity index (χ1) is 13.4. The molecule has 1 aliphatic heterocycles. The average molecular weight is 398 g/mol. The van der Waals surface area contributed by atoms with E-state index in [0.29, 0.717) is 18.1 Å². The lowest BCUT2D eigenvalue weighted by Gasteiger charge is -2.27. The number of benzene rings is 1. The standard InChI is InChI=1S/C18H14F4N2O4/c19-17(20)27-13-5-3-11(10-14(13)28-18(21)22)4-6-15(25)24-8-9-26-16-12(24)2-1-7-23-16/h1-7,10,17-18H,8-9H2/b6-4+. The molecule has 0 aliphatic carbocycles. The van der Waals surface area contributed by atoms with Gasteiger partial charge in [-0.2, -0.15) is 17.6 Å². The third-order valence-corrected chi connectivity index (χ3v) is 3.68. The number of alkyl halides is 4. The van der Waals surface area contributed by atoms with Crippen LogP contribution in [-0.4, -0.2) is 37.3 Å². The van der Waals surface area contributed by atoms with E-state index < -0.39 is 24.7 Å². The maximum atomic E-state index is 12.5. The van der Waals surface area contributed by atoms with Crippen molar-refractivity contribution < 1.29 is 36.6 Å². The van der Waals surface area contributed by atoms with E-state index in [4.69, 9.17) is 4.74 Å². The normalized spacial score (nSPS) is 13.6. The number of halogens is 4. The molecule has 0 radical (unpaired) electrons. The van der Waals surface area contributed by atoms with Gasteiger partial charge >= 0.3 is 13.2 Å². The fourth-order valence-corrected chi connectivity index (χ4v) is 2.55. The number of amides is 1. The van der Waals surface area contributed by atoms with Crippen molar-refractivity contribution in [2.75, 3.05) is 18.1 Å². The summed E-state index contributed by atoms with van der Waals surface area (Å²) in [6.07, 6.45) is 4.10. The molecule has 0 atom stereocenters. The van der Waals surface area contributed by atoms with Gasteiger partial charge in [0.2, 0.25) is 5.88 Å². The zero-order chi connectivity index (χ0) is 20.1. The molecule has 28 heavy (non-hydrogen) atoms. The predicted octanol–water partition coefficient (Wildman–Crippen LogP) is 3.72. The molecule has 2 heterocycles. The van der Waals surface area contributed by atoms with Gasteiger partial charge in [-0.05, 0) is 35.9 Å². The van der Waals surface area contributed by atoms with Crippen LogP contribution in [0.15, 0.2) is 42.6 Å². The van der Waals surface area contributed by atoms with Crippen molar-refractivity contribution >= 4 is 17.7 Å². The largest absolute Gasteiger partial charge is 0.474 e. The van der Waals surface area contributed by atoms with Crippen LogP contribution in [0.5, 0.6) is 17.4 Å². The quantitative estimate of drug-likeness (QED) is 0.548. The summed E-state index contributed by atoms with van der Waals surface area (Å²) < 4.78 is 63.5. The van der Waals surface area contributed by atoms with E-state index in [0.717, 1.165) is 12.1 Å². The highest BCUT2D eigenvalue weighted by molar-refractivity contribution is 6.04. The number of pyridine rings is 1. The minimum atomic E-state index is -3.22. The third kappa shape index (κ3) is 4.70. The van der Waals surface area contributed by atoms with Gasteiger partial charge in [0.15, 0.2) is 11.5 Å². The first-order valence-corrected chi connectivity index (χ1v) is 8.05. The molecule has 0 saturated carbocycles. The molecule has 1 amide bonds. The predicted molar refractivity (Wildman–Crippen MR) is 90.8 cm³/mol. The minimum absolute atomic E-state index is 0.273. The van der Waals surface area contributed by atoms with Gasteiger partial charge in [-0.25, -0.2) is 4.98 Å². The molecular weight excluding hydrogens is 384 g/mol. The molecule has 0 saturated heterocycles. The molecule has 3 rings (SSSR count). The van der Waals surface area contributed by atoms with Crippen LogP contribution in [0.25, 0.3) is 6.08 Å². The Morgan fingerprint density at radius 3 is 2.64 bits per heavy atom. The van der Waals surface area contributed by atoms with Crippen molar-refractivity contribution in [2.45, 2.75) is 13.2 Å². The zero-order valence-corrected chi connectivity index (χ0v) is 14.2. The maximum absolute atomic E-state index is 12.5. The Labute approximate surface area is 156 Å². The lowest BCUT2D eigenvalue weighted by atomic mass is 10.2. The van der Waals surface area contributed by atoms with Crippen LogP contribution < -0.4 is 19.1 Å². The van der Waals surface area contributed by atoms with Gasteiger partial charge < -0.3 is 19.1 Å². The molecule has 6 nitrogen and oxygen atoms in total. The number of hydrogen-bond donors (Lipinski definition) is 0. The highest BCUT2D eigenvalue weighted by atomic mass is 19.3. The number of aromatic nitrogens is 1. The molecule has 10 heteroatoms. The average Bonchev–Trinajstić information content (AvgIpc) is 2.66. The van der Waals surface area contributed by atoms with Gasteiger partial charge in [-0.3, -0.25) is 4.79 Å². The van der Waals surface area contributed by atoms with Crippen LogP contribution in [0.4, 0.5) is 23.2 Å². The molecule has 0 bridgehead atoms. The molecule has 0 fully saturated rings. The first-order valence-electron chi connectivity index (χ1n) is 8.05. The SMILES string of the molecule is O=C(/C=C/c1ccc(OC(F)F)c(OC(F)F)c1)N1CCOc2ncccc21. The van der Waals surface area contributed by atoms with Crippen LogP contribution in [0.1, 0.15) is 5.56 Å². The van der Waals surface area contributed by atoms with Gasteiger partial charge in [0.25, 0.3) is 5.91 Å². The van der Waals surface area contributed by atoms with E-state index in [1.54, 1.807) is 12.1 Å². The lowest BCUT2D eigenvalue weighted by molar-refractivity contribution is -0.114. The zero-order valence-electron chi connectivity index (χ0n) is 14.2. The second-order valence-corrected chi connectivity index (χ2v) is 5.46. The van der Waals surface area contributed by atoms with Crippen molar-refractivity contribution in [3.8, 4) is 17.4 Å². The summed E-state index contributed by atoms with van der Waals surface area (Å²) in [7, 11) is 0. The molecule has 0 spiro atoms. The molecular formula is C18H14F4N2O4. The van der Waals surface area contributed by atoms with Crippen LogP contribution in [0, 0.1) is 0 Å². The molecule has 0 unspecified atom stereocenters. The number of anilines is 1. The number of nitrogens with zero attached hydrogens (tertiary/aromatic N) is 2. The van der Waals surface area contributed by atoms with Gasteiger partial charge in [-0.1, -0.05) is 6.07 Å². The first kappa shape index (κ1) is 19.5. The smallest absolute Gasteiger partial charge is 0.387 e. The van der Waals surface area contributed by atoms with E-state index in [1.807, 2.05) is 0 Å². The van der Waals surface area contributed by atoms with Crippen LogP contribution in [0.2, 0.25) is 0 Å². The van der Waals surface area contributed by atoms with E-state index in [1.165, 1.54) is 29.3 Å². The summed E-state index contributed by atoms with van der Waals surface area (Å²) >= 11 is 0. The number of rotatable bonds is 6. The van der Waals surface area contributed by atoms with Crippen molar-refractivity contribution in [2.24, 2.45) is 0 Å². The Hall–Kier alpha value is -3.30. The molecule has 1 aromatic carbocycles. The third-order valence-electron chi connectivity index (χ3n) is 3.68. The fraction of sp³-hybridized carbons (Fsp3) is 0.222. The van der Waals surface area contributed by atoms with E-state index in [-0.39, 0.29) is 18.1 Å². The van der Waals surface area contributed by atoms with Crippen molar-refractivity contribution in [3.05, 3.63) is 48.2 Å². The molecule has 1 aliphatic rings. The molecule has 148 valence electrons. The van der Waals surface area contributed by atoms with Gasteiger partial charge in [0.05, 0.1) is 6.54 Å². The van der Waals surface area contributed by atoms with Crippen LogP contribution >= 0.6 is 0 Å². The second-order valence-electron chi connectivity index (χ2n) is 5.46. The van der Waals surface area contributed by atoms with Gasteiger partial charge in [-0.15, -0.1) is 0 Å². The summed E-state index contributed by atoms with van der Waals surface area (Å²) in [5, 5.41) is 0. The lowest BCUT2D eigenvalue weighted by Crippen LogP contribution is -2.37. The number of ether oxygens (including phenoxy) is 3. The Morgan fingerprint density at radius 1 is 1.14 bits per heavy atom. The molecule has 0 N–H and O–H groups in total. The number of hydrogen-bond acceptors (Lipinski definition) is 5. The summed E-state index contributed by atoms with van der Waals surface area (Å²) in [5.41, 5.74) is 0.788. The van der Waals surface area contributed by atoms with Gasteiger partial charge in [0, 0.05) is 12.3 Å². The summed E-state index contributed by atoms with van der Waals surface area (Å²) in [4.78, 5) is 18.0. The number of carbonyl (C=O) groups excluding carboxylic acids is 1. The van der Waals surface area contributed by atoms with E-state index >= 15 is 0 Å². The van der Waals surface area contributed by atoms with Gasteiger partial charge in [0.1, 0.15) is 12.3 Å². The Morgan fingerprint density at radius 2 is 1.89 bits per heavy atom. The number of fused-ring (bicyclic) bond motifs is 1. The van der Waals surface area contributed by atoms with Crippen LogP contribution in [-0.2, 0) is 4.79 Å². The Bertz CT molecular complexity index is 876. The molecule has 1 aromatic heterocycles. The van der Waals surface area contributed by atoms with Crippen molar-refractivity contribution in [1.82, 2.24) is 4.98 Å². The molecule has 2 aromatic rings. The van der Waals surface area contributed by atoms with E-state index in [2.05, 4.69) is 14.5 Å². The summed E-state index contributed by atoms with van der Waals surface area (Å²) in [6.45, 7) is -5.84. The van der Waals surface area contributed by atoms with Crippen LogP contribution in [0.3, 0.4) is 0 Å². The van der Waals surface area contributed by atoms with Crippen molar-refractivity contribution in [3.63, 3.8) is 0 Å². The van der Waals surface area contributed by atoms with E-state index in [9.17, 15) is 22.4 Å². The Balaban J connectivity index is 1.79. The highest BCUT2D eigenvalue weighted by Gasteiger charge is 2.22. The Kier molecular flexibility index (Phi) is 5.97. The monoisotopic (exact) mass is 398 g/mol. The topological polar surface area (TPSA) is 60.9 Å². The summed E-state index contributed by atoms with van der Waals surface area (Å²) in [6, 6.07) is 6.80. The highest BCUT2D eigenvalue weighted by Crippen LogP contribution is 2.32.